The first-order chi connectivity index (χ1) is 6.88. The van der Waals surface area contributed by atoms with Gasteiger partial charge in [-0.1, -0.05) is 0 Å². The number of nitrogens with zero attached hydrogens (tertiary/aromatic N) is 2. The van der Waals surface area contributed by atoms with Crippen LogP contribution in [0.1, 0.15) is 12.8 Å². The van der Waals surface area contributed by atoms with Gasteiger partial charge in [0, 0.05) is 6.54 Å². The molecule has 0 saturated carbocycles. The van der Waals surface area contributed by atoms with Gasteiger partial charge in [0.2, 0.25) is 5.44 Å². The predicted octanol–water partition coefficient (Wildman–Crippen LogP) is -4.63. The van der Waals surface area contributed by atoms with Gasteiger partial charge in [0.1, 0.15) is 16.2 Å². The molecule has 0 aromatic rings. The van der Waals surface area contributed by atoms with Crippen molar-refractivity contribution in [3.63, 3.8) is 0 Å². The molecule has 0 aromatic heterocycles. The van der Waals surface area contributed by atoms with E-state index in [9.17, 15) is 17.8 Å². The molecule has 1 unspecified atom stereocenters. The Balaban J connectivity index is 0.00000225. The monoisotopic (exact) mass is 256 g/mol. The molecule has 7 nitrogen and oxygen atoms in total. The van der Waals surface area contributed by atoms with Gasteiger partial charge < -0.3 is 14.6 Å². The zero-order valence-electron chi connectivity index (χ0n) is 8.66. The third kappa shape index (κ3) is 3.41. The van der Waals surface area contributed by atoms with E-state index >= 15 is 0 Å². The summed E-state index contributed by atoms with van der Waals surface area (Å²) in [5, 5.41) is 17.5. The minimum atomic E-state index is -5.07. The molecule has 1 heterocycles. The maximum absolute atomic E-state index is 11.3. The average Bonchev–Trinajstić information content (AvgIpc) is 2.61. The molecule has 0 aliphatic carbocycles. The van der Waals surface area contributed by atoms with Gasteiger partial charge >= 0.3 is 29.6 Å². The van der Waals surface area contributed by atoms with Crippen LogP contribution in [0.4, 0.5) is 0 Å². The topological polar surface area (TPSA) is 122 Å². The molecule has 1 saturated heterocycles. The van der Waals surface area contributed by atoms with Crippen LogP contribution in [0, 0.1) is 11.3 Å². The number of nitriles is 1. The van der Waals surface area contributed by atoms with E-state index in [4.69, 9.17) is 10.4 Å². The molecule has 1 amide bonds. The Labute approximate surface area is 115 Å². The minimum Gasteiger partial charge on any atom is -0.746 e. The zero-order chi connectivity index (χ0) is 11.6. The van der Waals surface area contributed by atoms with Crippen molar-refractivity contribution in [2.24, 2.45) is 0 Å². The summed E-state index contributed by atoms with van der Waals surface area (Å²) in [5.74, 6) is -1.21. The van der Waals surface area contributed by atoms with Crippen molar-refractivity contribution in [2.75, 3.05) is 6.54 Å². The second kappa shape index (κ2) is 5.95. The van der Waals surface area contributed by atoms with Crippen molar-refractivity contribution >= 4 is 16.0 Å². The standard InChI is InChI=1S/C7H10N2O5S.Na/c8-4-5-2-1-3-9(5)6(10)7(11)15(12,13)14;/h5,7,11H,1-3H2,(H,12,13,14);/q;+1/p-1/t5-,7?;/m0./s1. The summed E-state index contributed by atoms with van der Waals surface area (Å²) in [5.41, 5.74) is -2.61. The average molecular weight is 256 g/mol. The maximum atomic E-state index is 11.3. The molecule has 1 fully saturated rings. The number of carbonyl (C=O) groups excluding carboxylic acids is 1. The van der Waals surface area contributed by atoms with E-state index in [0.29, 0.717) is 12.8 Å². The summed E-state index contributed by atoms with van der Waals surface area (Å²) in [6.45, 7) is 0.184. The summed E-state index contributed by atoms with van der Waals surface area (Å²) >= 11 is 0. The quantitative estimate of drug-likeness (QED) is 0.391. The van der Waals surface area contributed by atoms with E-state index in [-0.39, 0.29) is 36.1 Å². The van der Waals surface area contributed by atoms with Crippen LogP contribution in [0.25, 0.3) is 0 Å². The van der Waals surface area contributed by atoms with Crippen LogP contribution in [-0.4, -0.2) is 46.9 Å². The largest absolute Gasteiger partial charge is 1.00 e. The first-order valence-corrected chi connectivity index (χ1v) is 5.68. The van der Waals surface area contributed by atoms with Crippen LogP contribution in [0.2, 0.25) is 0 Å². The fraction of sp³-hybridized carbons (Fsp3) is 0.714. The summed E-state index contributed by atoms with van der Waals surface area (Å²) in [7, 11) is -5.07. The smallest absolute Gasteiger partial charge is 0.746 e. The molecule has 0 spiro atoms. The Bertz CT molecular complexity index is 403. The molecule has 0 bridgehead atoms. The van der Waals surface area contributed by atoms with Gasteiger partial charge in [0.05, 0.1) is 6.07 Å². The van der Waals surface area contributed by atoms with Gasteiger partial charge in [0.15, 0.2) is 0 Å². The number of rotatable bonds is 2. The third-order valence-corrected chi connectivity index (χ3v) is 2.92. The number of amides is 1. The Kier molecular flexibility index (Phi) is 5.89. The molecule has 84 valence electrons. The maximum Gasteiger partial charge on any atom is 1.00 e. The SMILES string of the molecule is N#C[C@@H]1CCCN1C(=O)C(O)S(=O)(=O)[O-].[Na+]. The number of carbonyl (C=O) groups is 1. The third-order valence-electron chi connectivity index (χ3n) is 2.17. The van der Waals surface area contributed by atoms with E-state index in [1.165, 1.54) is 0 Å². The van der Waals surface area contributed by atoms with Crippen molar-refractivity contribution in [1.29, 1.82) is 5.26 Å². The molecule has 1 rings (SSSR count). The molecular weight excluding hydrogens is 247 g/mol. The van der Waals surface area contributed by atoms with Crippen LogP contribution < -0.4 is 29.6 Å². The molecule has 0 aromatic carbocycles. The number of likely N-dealkylation sites (tertiary alicyclic amines) is 1. The van der Waals surface area contributed by atoms with Crippen LogP contribution in [-0.2, 0) is 14.9 Å². The van der Waals surface area contributed by atoms with Crippen molar-refractivity contribution in [3.05, 3.63) is 0 Å². The Morgan fingerprint density at radius 2 is 2.19 bits per heavy atom. The van der Waals surface area contributed by atoms with Gasteiger partial charge in [-0.15, -0.1) is 0 Å². The van der Waals surface area contributed by atoms with Crippen LogP contribution >= 0.6 is 0 Å². The van der Waals surface area contributed by atoms with Crippen molar-refractivity contribution < 1.29 is 52.4 Å². The normalized spacial score (nSPS) is 22.1. The van der Waals surface area contributed by atoms with Crippen molar-refractivity contribution in [1.82, 2.24) is 4.90 Å². The van der Waals surface area contributed by atoms with Gasteiger partial charge in [0.25, 0.3) is 5.91 Å². The number of aliphatic hydroxyl groups excluding tert-OH is 1. The number of hydrogen-bond acceptors (Lipinski definition) is 6. The Morgan fingerprint density at radius 1 is 1.62 bits per heavy atom. The van der Waals surface area contributed by atoms with Crippen molar-refractivity contribution in [2.45, 2.75) is 24.3 Å². The number of aliphatic hydroxyl groups is 1. The van der Waals surface area contributed by atoms with E-state index in [2.05, 4.69) is 0 Å². The molecular formula is C7H9N2NaO5S. The Morgan fingerprint density at radius 3 is 2.62 bits per heavy atom. The molecule has 1 N–H and O–H groups in total. The van der Waals surface area contributed by atoms with Crippen LogP contribution in [0.3, 0.4) is 0 Å². The predicted molar refractivity (Wildman–Crippen MR) is 46.1 cm³/mol. The summed E-state index contributed by atoms with van der Waals surface area (Å²) in [6.07, 6.45) is 0.976. The summed E-state index contributed by atoms with van der Waals surface area (Å²) in [6, 6.07) is 1.04. The van der Waals surface area contributed by atoms with Gasteiger partial charge in [-0.25, -0.2) is 8.42 Å². The van der Waals surface area contributed by atoms with E-state index in [1.54, 1.807) is 6.07 Å². The van der Waals surface area contributed by atoms with E-state index in [1.807, 2.05) is 0 Å². The van der Waals surface area contributed by atoms with E-state index in [0.717, 1.165) is 4.90 Å². The molecule has 0 radical (unpaired) electrons. The zero-order valence-corrected chi connectivity index (χ0v) is 11.5. The fourth-order valence-corrected chi connectivity index (χ4v) is 1.81. The molecule has 9 heteroatoms. The second-order valence-corrected chi connectivity index (χ2v) is 4.60. The van der Waals surface area contributed by atoms with Gasteiger partial charge in [-0.3, -0.25) is 4.79 Å². The first kappa shape index (κ1) is 15.8. The Hall–Kier alpha value is -0.170. The summed E-state index contributed by atoms with van der Waals surface area (Å²) in [4.78, 5) is 12.2. The van der Waals surface area contributed by atoms with Gasteiger partial charge in [-0.2, -0.15) is 5.26 Å². The van der Waals surface area contributed by atoms with Gasteiger partial charge in [-0.05, 0) is 12.8 Å². The van der Waals surface area contributed by atoms with Crippen molar-refractivity contribution in [3.8, 4) is 6.07 Å². The summed E-state index contributed by atoms with van der Waals surface area (Å²) < 4.78 is 31.2. The first-order valence-electron chi connectivity index (χ1n) is 4.21. The van der Waals surface area contributed by atoms with Crippen LogP contribution in [0.5, 0.6) is 0 Å². The second-order valence-electron chi connectivity index (χ2n) is 3.16. The van der Waals surface area contributed by atoms with Crippen LogP contribution in [0.15, 0.2) is 0 Å². The minimum absolute atomic E-state index is 0. The number of hydrogen-bond donors (Lipinski definition) is 1. The van der Waals surface area contributed by atoms with E-state index < -0.39 is 27.5 Å². The fourth-order valence-electron chi connectivity index (χ4n) is 1.43. The molecule has 1 aliphatic rings. The molecule has 1 aliphatic heterocycles. The molecule has 16 heavy (non-hydrogen) atoms. The molecule has 2 atom stereocenters.